The summed E-state index contributed by atoms with van der Waals surface area (Å²) in [5, 5.41) is 11.6. The minimum Gasteiger partial charge on any atom is -0.481 e. The van der Waals surface area contributed by atoms with Crippen LogP contribution in [-0.2, 0) is 16.0 Å². The summed E-state index contributed by atoms with van der Waals surface area (Å²) in [6, 6.07) is 3.82. The number of aliphatic carboxylic acids is 1. The second kappa shape index (κ2) is 7.33. The Morgan fingerprint density at radius 1 is 1.32 bits per heavy atom. The smallest absolute Gasteiger partial charge is 0.305 e. The van der Waals surface area contributed by atoms with Crippen LogP contribution in [0.5, 0.6) is 0 Å². The quantitative estimate of drug-likeness (QED) is 0.813. The maximum absolute atomic E-state index is 13.5. The first-order chi connectivity index (χ1) is 10.2. The first kappa shape index (κ1) is 18.1. The van der Waals surface area contributed by atoms with Crippen LogP contribution in [0.2, 0.25) is 0 Å². The Labute approximate surface area is 128 Å². The number of carbonyl (C=O) groups excluding carboxylic acids is 1. The van der Waals surface area contributed by atoms with Crippen LogP contribution in [0.15, 0.2) is 18.2 Å². The maximum atomic E-state index is 13.5. The van der Waals surface area contributed by atoms with E-state index in [1.165, 1.54) is 12.1 Å². The van der Waals surface area contributed by atoms with Crippen molar-refractivity contribution in [3.05, 3.63) is 35.4 Å². The van der Waals surface area contributed by atoms with Crippen molar-refractivity contribution in [3.8, 4) is 0 Å². The first-order valence-electron chi connectivity index (χ1n) is 7.11. The van der Waals surface area contributed by atoms with E-state index in [4.69, 9.17) is 5.11 Å². The summed E-state index contributed by atoms with van der Waals surface area (Å²) in [6.07, 6.45) is -0.191. The third kappa shape index (κ3) is 4.79. The van der Waals surface area contributed by atoms with Crippen LogP contribution in [0.3, 0.4) is 0 Å². The highest BCUT2D eigenvalue weighted by molar-refractivity contribution is 5.78. The lowest BCUT2D eigenvalue weighted by Crippen LogP contribution is -2.51. The molecule has 1 unspecified atom stereocenters. The van der Waals surface area contributed by atoms with E-state index in [-0.39, 0.29) is 36.7 Å². The Morgan fingerprint density at radius 3 is 2.50 bits per heavy atom. The summed E-state index contributed by atoms with van der Waals surface area (Å²) in [6.45, 7) is 5.29. The summed E-state index contributed by atoms with van der Waals surface area (Å²) in [5.41, 5.74) is -0.761. The average molecular weight is 313 g/mol. The molecular weight excluding hydrogens is 292 g/mol. The van der Waals surface area contributed by atoms with Gasteiger partial charge in [-0.1, -0.05) is 26.0 Å². The van der Waals surface area contributed by atoms with E-state index in [9.17, 15) is 18.4 Å². The Kier molecular flexibility index (Phi) is 6.02. The molecule has 0 fully saturated rings. The van der Waals surface area contributed by atoms with Crippen LogP contribution >= 0.6 is 0 Å². The van der Waals surface area contributed by atoms with E-state index >= 15 is 0 Å². The fraction of sp³-hybridized carbons (Fsp3) is 0.500. The van der Waals surface area contributed by atoms with Gasteiger partial charge in [0.2, 0.25) is 5.91 Å². The van der Waals surface area contributed by atoms with Gasteiger partial charge in [-0.3, -0.25) is 9.59 Å². The molecule has 122 valence electrons. The second-order valence-corrected chi connectivity index (χ2v) is 5.90. The van der Waals surface area contributed by atoms with Crippen LogP contribution in [0, 0.1) is 17.6 Å². The number of aryl methyl sites for hydroxylation is 1. The van der Waals surface area contributed by atoms with Crippen molar-refractivity contribution < 1.29 is 23.5 Å². The molecule has 0 aliphatic carbocycles. The van der Waals surface area contributed by atoms with Gasteiger partial charge in [0.1, 0.15) is 0 Å². The number of hydrogen-bond donors (Lipinski definition) is 2. The first-order valence-corrected chi connectivity index (χ1v) is 7.11. The van der Waals surface area contributed by atoms with E-state index in [1.54, 1.807) is 6.92 Å². The summed E-state index contributed by atoms with van der Waals surface area (Å²) in [5.74, 6) is -3.38. The molecular formula is C16H21F2NO3. The maximum Gasteiger partial charge on any atom is 0.305 e. The number of halogens is 2. The molecule has 22 heavy (non-hydrogen) atoms. The van der Waals surface area contributed by atoms with Crippen LogP contribution in [0.25, 0.3) is 0 Å². The molecule has 1 amide bonds. The molecule has 0 aliphatic heterocycles. The zero-order valence-corrected chi connectivity index (χ0v) is 13.0. The van der Waals surface area contributed by atoms with Gasteiger partial charge < -0.3 is 10.4 Å². The largest absolute Gasteiger partial charge is 0.481 e. The number of hydrogen-bond acceptors (Lipinski definition) is 2. The Hall–Kier alpha value is -1.98. The van der Waals surface area contributed by atoms with Gasteiger partial charge in [0.25, 0.3) is 0 Å². The molecule has 1 aromatic rings. The molecule has 0 radical (unpaired) electrons. The molecule has 0 saturated carbocycles. The van der Waals surface area contributed by atoms with E-state index in [1.807, 2.05) is 13.8 Å². The molecule has 1 aromatic carbocycles. The standard InChI is InChI=1S/C16H21F2NO3/c1-10(2)16(3,9-14(21)22)19-13(20)8-7-11-5-4-6-12(17)15(11)18/h4-6,10H,7-9H2,1-3H3,(H,19,20)(H,21,22). The number of benzene rings is 1. The van der Waals surface area contributed by atoms with Gasteiger partial charge in [-0.15, -0.1) is 0 Å². The van der Waals surface area contributed by atoms with Crippen LogP contribution in [0.1, 0.15) is 39.2 Å². The van der Waals surface area contributed by atoms with Gasteiger partial charge in [0, 0.05) is 12.0 Å². The van der Waals surface area contributed by atoms with Crippen molar-refractivity contribution in [2.24, 2.45) is 5.92 Å². The van der Waals surface area contributed by atoms with Crippen LogP contribution in [0.4, 0.5) is 8.78 Å². The molecule has 0 aromatic heterocycles. The molecule has 0 bridgehead atoms. The fourth-order valence-corrected chi connectivity index (χ4v) is 2.08. The van der Waals surface area contributed by atoms with Gasteiger partial charge in [0.05, 0.1) is 6.42 Å². The Morgan fingerprint density at radius 2 is 1.95 bits per heavy atom. The number of nitrogens with one attached hydrogen (secondary N) is 1. The van der Waals surface area contributed by atoms with Crippen molar-refractivity contribution in [3.63, 3.8) is 0 Å². The summed E-state index contributed by atoms with van der Waals surface area (Å²) < 4.78 is 26.6. The molecule has 4 nitrogen and oxygen atoms in total. The van der Waals surface area contributed by atoms with Gasteiger partial charge in [0.15, 0.2) is 11.6 Å². The predicted molar refractivity (Wildman–Crippen MR) is 78.3 cm³/mol. The highest BCUT2D eigenvalue weighted by Gasteiger charge is 2.32. The molecule has 0 saturated heterocycles. The van der Waals surface area contributed by atoms with Gasteiger partial charge in [-0.05, 0) is 30.9 Å². The summed E-state index contributed by atoms with van der Waals surface area (Å²) in [7, 11) is 0. The number of carboxylic acid groups (broad SMARTS) is 1. The van der Waals surface area contributed by atoms with Crippen LogP contribution < -0.4 is 5.32 Å². The fourth-order valence-electron chi connectivity index (χ4n) is 2.08. The molecule has 0 heterocycles. The molecule has 6 heteroatoms. The minimum absolute atomic E-state index is 0.0394. The Balaban J connectivity index is 2.68. The topological polar surface area (TPSA) is 66.4 Å². The lowest BCUT2D eigenvalue weighted by molar-refractivity contribution is -0.139. The molecule has 1 rings (SSSR count). The predicted octanol–water partition coefficient (Wildman–Crippen LogP) is 2.90. The molecule has 0 aliphatic rings. The van der Waals surface area contributed by atoms with Crippen molar-refractivity contribution >= 4 is 11.9 Å². The molecule has 0 spiro atoms. The van der Waals surface area contributed by atoms with E-state index in [0.29, 0.717) is 0 Å². The van der Waals surface area contributed by atoms with Crippen molar-refractivity contribution in [1.82, 2.24) is 5.32 Å². The van der Waals surface area contributed by atoms with Gasteiger partial charge >= 0.3 is 5.97 Å². The van der Waals surface area contributed by atoms with E-state index in [0.717, 1.165) is 6.07 Å². The van der Waals surface area contributed by atoms with Crippen LogP contribution in [-0.4, -0.2) is 22.5 Å². The highest BCUT2D eigenvalue weighted by atomic mass is 19.2. The molecule has 1 atom stereocenters. The minimum atomic E-state index is -1.01. The summed E-state index contributed by atoms with van der Waals surface area (Å²) >= 11 is 0. The average Bonchev–Trinajstić information content (AvgIpc) is 2.39. The third-order valence-electron chi connectivity index (χ3n) is 3.87. The van der Waals surface area contributed by atoms with E-state index < -0.39 is 23.1 Å². The Bertz CT molecular complexity index is 560. The zero-order chi connectivity index (χ0) is 16.9. The van der Waals surface area contributed by atoms with Crippen molar-refractivity contribution in [2.45, 2.75) is 45.6 Å². The van der Waals surface area contributed by atoms with E-state index in [2.05, 4.69) is 5.32 Å². The SMILES string of the molecule is CC(C)C(C)(CC(=O)O)NC(=O)CCc1cccc(F)c1F. The van der Waals surface area contributed by atoms with Gasteiger partial charge in [-0.2, -0.15) is 0 Å². The molecule has 2 N–H and O–H groups in total. The monoisotopic (exact) mass is 313 g/mol. The lowest BCUT2D eigenvalue weighted by atomic mass is 9.85. The number of rotatable bonds is 7. The van der Waals surface area contributed by atoms with Gasteiger partial charge in [-0.25, -0.2) is 8.78 Å². The summed E-state index contributed by atoms with van der Waals surface area (Å²) in [4.78, 5) is 22.9. The number of amides is 1. The zero-order valence-electron chi connectivity index (χ0n) is 13.0. The number of carboxylic acids is 1. The van der Waals surface area contributed by atoms with Crippen molar-refractivity contribution in [1.29, 1.82) is 0 Å². The number of carbonyl (C=O) groups is 2. The second-order valence-electron chi connectivity index (χ2n) is 5.90. The normalized spacial score (nSPS) is 13.7. The third-order valence-corrected chi connectivity index (χ3v) is 3.87. The highest BCUT2D eigenvalue weighted by Crippen LogP contribution is 2.21. The van der Waals surface area contributed by atoms with Crippen molar-refractivity contribution in [2.75, 3.05) is 0 Å². The lowest BCUT2D eigenvalue weighted by Gasteiger charge is -2.33.